The third kappa shape index (κ3) is 2.20. The second-order valence-electron chi connectivity index (χ2n) is 5.10. The summed E-state index contributed by atoms with van der Waals surface area (Å²) >= 11 is 6.05. The molecule has 2 aromatic rings. The summed E-state index contributed by atoms with van der Waals surface area (Å²) in [5, 5.41) is 0.191. The van der Waals surface area contributed by atoms with Gasteiger partial charge in [-0.2, -0.15) is 4.98 Å². The van der Waals surface area contributed by atoms with E-state index in [9.17, 15) is 9.59 Å². The number of aromatic nitrogens is 4. The van der Waals surface area contributed by atoms with Crippen molar-refractivity contribution in [3.63, 3.8) is 0 Å². The van der Waals surface area contributed by atoms with E-state index in [0.29, 0.717) is 30.2 Å². The van der Waals surface area contributed by atoms with Crippen molar-refractivity contribution >= 4 is 22.8 Å². The summed E-state index contributed by atoms with van der Waals surface area (Å²) in [6, 6.07) is 0. The third-order valence-corrected chi connectivity index (χ3v) is 3.90. The van der Waals surface area contributed by atoms with Crippen LogP contribution >= 0.6 is 11.6 Å². The number of nitrogens with zero attached hydrogens (tertiary/aromatic N) is 3. The molecule has 0 bridgehead atoms. The van der Waals surface area contributed by atoms with E-state index in [2.05, 4.69) is 16.5 Å². The molecular weight excluding hydrogens is 280 g/mol. The number of halogens is 1. The van der Waals surface area contributed by atoms with Crippen LogP contribution in [0.15, 0.2) is 22.2 Å². The fourth-order valence-electron chi connectivity index (χ4n) is 2.37. The Balaban J connectivity index is 2.18. The molecule has 7 heteroatoms. The summed E-state index contributed by atoms with van der Waals surface area (Å²) in [5.41, 5.74) is -0.214. The van der Waals surface area contributed by atoms with E-state index in [1.165, 1.54) is 17.4 Å². The number of fused-ring (bicyclic) bond motifs is 1. The Labute approximate surface area is 119 Å². The van der Waals surface area contributed by atoms with Crippen molar-refractivity contribution in [1.29, 1.82) is 0 Å². The molecule has 6 nitrogen and oxygen atoms in total. The molecule has 1 aliphatic carbocycles. The lowest BCUT2D eigenvalue weighted by molar-refractivity contribution is 0.582. The molecule has 1 fully saturated rings. The number of rotatable bonds is 5. The second-order valence-corrected chi connectivity index (χ2v) is 5.43. The highest BCUT2D eigenvalue weighted by molar-refractivity contribution is 6.29. The summed E-state index contributed by atoms with van der Waals surface area (Å²) in [6.07, 6.45) is 4.99. The van der Waals surface area contributed by atoms with Gasteiger partial charge >= 0.3 is 5.69 Å². The van der Waals surface area contributed by atoms with Gasteiger partial charge in [-0.25, -0.2) is 4.79 Å². The molecular formula is C13H15ClN4O2. The van der Waals surface area contributed by atoms with E-state index in [1.807, 2.05) is 0 Å². The average Bonchev–Trinajstić information content (AvgIpc) is 3.15. The number of hydrogen-bond donors (Lipinski definition) is 1. The number of H-pyrrole nitrogens is 1. The highest BCUT2D eigenvalue weighted by atomic mass is 35.5. The maximum absolute atomic E-state index is 12.0. The predicted octanol–water partition coefficient (Wildman–Crippen LogP) is 1.53. The molecule has 0 atom stereocenters. The van der Waals surface area contributed by atoms with E-state index in [4.69, 9.17) is 11.6 Å². The minimum absolute atomic E-state index is 0.191. The maximum atomic E-state index is 12.0. The molecule has 1 saturated carbocycles. The summed E-state index contributed by atoms with van der Waals surface area (Å²) < 4.78 is 3.05. The molecule has 3 rings (SSSR count). The smallest absolute Gasteiger partial charge is 0.305 e. The third-order valence-electron chi connectivity index (χ3n) is 3.61. The quantitative estimate of drug-likeness (QED) is 0.671. The van der Waals surface area contributed by atoms with Crippen LogP contribution in [-0.4, -0.2) is 19.1 Å². The standard InChI is InChI=1S/C13H15ClN4O2/c1-2-6-17-9-10(15-12(17)14)18(7-5-8-3-4-8)13(20)16-11(9)19/h2,8H,1,3-7H2,(H,16,19,20). The first-order valence-electron chi connectivity index (χ1n) is 6.61. The van der Waals surface area contributed by atoms with Crippen LogP contribution in [0.1, 0.15) is 19.3 Å². The van der Waals surface area contributed by atoms with E-state index in [-0.39, 0.29) is 5.28 Å². The molecule has 20 heavy (non-hydrogen) atoms. The molecule has 0 aromatic carbocycles. The zero-order valence-corrected chi connectivity index (χ0v) is 11.7. The number of nitrogens with one attached hydrogen (secondary N) is 1. The van der Waals surface area contributed by atoms with Crippen LogP contribution in [0.25, 0.3) is 11.2 Å². The molecule has 0 aliphatic heterocycles. The molecule has 0 radical (unpaired) electrons. The Morgan fingerprint density at radius 2 is 2.15 bits per heavy atom. The molecule has 2 aromatic heterocycles. The monoisotopic (exact) mass is 294 g/mol. The Bertz CT molecular complexity index is 782. The predicted molar refractivity (Wildman–Crippen MR) is 77.2 cm³/mol. The highest BCUT2D eigenvalue weighted by Gasteiger charge is 2.22. The molecule has 0 unspecified atom stereocenters. The van der Waals surface area contributed by atoms with E-state index < -0.39 is 11.2 Å². The molecule has 1 aliphatic rings. The topological polar surface area (TPSA) is 72.7 Å². The van der Waals surface area contributed by atoms with Gasteiger partial charge in [0, 0.05) is 13.1 Å². The Kier molecular flexibility index (Phi) is 3.25. The van der Waals surface area contributed by atoms with E-state index >= 15 is 0 Å². The van der Waals surface area contributed by atoms with Crippen molar-refractivity contribution in [3.8, 4) is 0 Å². The van der Waals surface area contributed by atoms with Crippen LogP contribution in [0.2, 0.25) is 5.28 Å². The zero-order chi connectivity index (χ0) is 14.3. The lowest BCUT2D eigenvalue weighted by atomic mass is 10.3. The van der Waals surface area contributed by atoms with Gasteiger partial charge in [-0.05, 0) is 23.9 Å². The highest BCUT2D eigenvalue weighted by Crippen LogP contribution is 2.32. The fraction of sp³-hybridized carbons (Fsp3) is 0.462. The number of allylic oxidation sites excluding steroid dienone is 1. The van der Waals surface area contributed by atoms with Gasteiger partial charge in [0.25, 0.3) is 5.56 Å². The molecule has 1 N–H and O–H groups in total. The molecule has 106 valence electrons. The van der Waals surface area contributed by atoms with Crippen molar-refractivity contribution in [2.24, 2.45) is 5.92 Å². The van der Waals surface area contributed by atoms with Gasteiger partial charge in [0.2, 0.25) is 5.28 Å². The van der Waals surface area contributed by atoms with Gasteiger partial charge < -0.3 is 4.57 Å². The van der Waals surface area contributed by atoms with Crippen molar-refractivity contribution < 1.29 is 0 Å². The zero-order valence-electron chi connectivity index (χ0n) is 10.9. The van der Waals surface area contributed by atoms with Crippen LogP contribution < -0.4 is 11.2 Å². The van der Waals surface area contributed by atoms with E-state index in [0.717, 1.165) is 6.42 Å². The van der Waals surface area contributed by atoms with Crippen LogP contribution in [0.4, 0.5) is 0 Å². The number of imidazole rings is 1. The van der Waals surface area contributed by atoms with Gasteiger partial charge in [0.1, 0.15) is 0 Å². The van der Waals surface area contributed by atoms with Gasteiger partial charge in [0.05, 0.1) is 0 Å². The van der Waals surface area contributed by atoms with Crippen LogP contribution in [-0.2, 0) is 13.1 Å². The van der Waals surface area contributed by atoms with Crippen LogP contribution in [0.3, 0.4) is 0 Å². The Hall–Kier alpha value is -1.82. The molecule has 0 saturated heterocycles. The number of aryl methyl sites for hydroxylation is 1. The summed E-state index contributed by atoms with van der Waals surface area (Å²) in [5.74, 6) is 0.689. The molecule has 0 amide bonds. The second kappa shape index (κ2) is 4.94. The van der Waals surface area contributed by atoms with Gasteiger partial charge in [0.15, 0.2) is 11.2 Å². The van der Waals surface area contributed by atoms with Gasteiger partial charge in [-0.3, -0.25) is 14.3 Å². The largest absolute Gasteiger partial charge is 0.330 e. The molecule has 0 spiro atoms. The molecule has 2 heterocycles. The normalized spacial score (nSPS) is 14.8. The van der Waals surface area contributed by atoms with Crippen molar-refractivity contribution in [3.05, 3.63) is 38.8 Å². The lowest BCUT2D eigenvalue weighted by Crippen LogP contribution is -2.31. The SMILES string of the molecule is C=CCn1c(Cl)nc2c1c(=O)[nH]c(=O)n2CCC1CC1. The first-order valence-corrected chi connectivity index (χ1v) is 6.99. The first-order chi connectivity index (χ1) is 9.61. The number of aromatic amines is 1. The van der Waals surface area contributed by atoms with E-state index in [1.54, 1.807) is 10.6 Å². The first kappa shape index (κ1) is 13.2. The average molecular weight is 295 g/mol. The Morgan fingerprint density at radius 3 is 2.80 bits per heavy atom. The number of hydrogen-bond acceptors (Lipinski definition) is 3. The Morgan fingerprint density at radius 1 is 1.40 bits per heavy atom. The minimum Gasteiger partial charge on any atom is -0.305 e. The van der Waals surface area contributed by atoms with Crippen molar-refractivity contribution in [2.75, 3.05) is 0 Å². The summed E-state index contributed by atoms with van der Waals surface area (Å²) in [7, 11) is 0. The fourth-order valence-corrected chi connectivity index (χ4v) is 2.60. The van der Waals surface area contributed by atoms with Crippen LogP contribution in [0.5, 0.6) is 0 Å². The summed E-state index contributed by atoms with van der Waals surface area (Å²) in [6.45, 7) is 4.56. The maximum Gasteiger partial charge on any atom is 0.330 e. The van der Waals surface area contributed by atoms with Crippen LogP contribution in [0, 0.1) is 5.92 Å². The van der Waals surface area contributed by atoms with Crippen molar-refractivity contribution in [1.82, 2.24) is 19.1 Å². The summed E-state index contributed by atoms with van der Waals surface area (Å²) in [4.78, 5) is 30.5. The van der Waals surface area contributed by atoms with Crippen molar-refractivity contribution in [2.45, 2.75) is 32.4 Å². The van der Waals surface area contributed by atoms with Gasteiger partial charge in [-0.15, -0.1) is 6.58 Å². The minimum atomic E-state index is -0.464. The lowest BCUT2D eigenvalue weighted by Gasteiger charge is -2.06. The van der Waals surface area contributed by atoms with Gasteiger partial charge in [-0.1, -0.05) is 18.9 Å².